The van der Waals surface area contributed by atoms with Crippen LogP contribution in [0.4, 0.5) is 13.2 Å². The topological polar surface area (TPSA) is 195 Å². The van der Waals surface area contributed by atoms with E-state index in [1.807, 2.05) is 0 Å². The van der Waals surface area contributed by atoms with E-state index in [2.05, 4.69) is 4.52 Å². The average molecular weight is 652 g/mol. The molecule has 0 aliphatic carbocycles. The first-order valence-corrected chi connectivity index (χ1v) is 16.6. The average Bonchev–Trinajstić information content (AvgIpc) is 3.37. The third-order valence-corrected chi connectivity index (χ3v) is 9.43. The Morgan fingerprint density at radius 2 is 0.950 bits per heavy atom. The highest BCUT2D eigenvalue weighted by molar-refractivity contribution is 7.48. The van der Waals surface area contributed by atoms with E-state index in [-0.39, 0.29) is 0 Å². The molecule has 3 heterocycles. The van der Waals surface area contributed by atoms with E-state index in [9.17, 15) is 41.5 Å². The lowest BCUT2D eigenvalue weighted by Gasteiger charge is -2.25. The van der Waals surface area contributed by atoms with Gasteiger partial charge in [0, 0.05) is 7.11 Å². The van der Waals surface area contributed by atoms with Crippen LogP contribution in [0.3, 0.4) is 0 Å². The summed E-state index contributed by atoms with van der Waals surface area (Å²) in [5, 5.41) is 0. The van der Waals surface area contributed by atoms with Gasteiger partial charge in [-0.1, -0.05) is 0 Å². The van der Waals surface area contributed by atoms with Crippen LogP contribution in [0.5, 0.6) is 0 Å². The first kappa shape index (κ1) is 34.5. The molecule has 15 nitrogen and oxygen atoms in total. The molecule has 0 bridgehead atoms. The fourth-order valence-corrected chi connectivity index (χ4v) is 6.98. The van der Waals surface area contributed by atoms with E-state index in [1.165, 1.54) is 27.7 Å². The first-order valence-electron chi connectivity index (χ1n) is 12.1. The van der Waals surface area contributed by atoms with Crippen molar-refractivity contribution in [3.63, 3.8) is 0 Å². The highest BCUT2D eigenvalue weighted by Gasteiger charge is 2.51. The lowest BCUT2D eigenvalue weighted by molar-refractivity contribution is -0.0388. The Morgan fingerprint density at radius 3 is 1.32 bits per heavy atom. The Hall–Kier alpha value is -0.000000000000000132. The number of rotatable bonds is 13. The lowest BCUT2D eigenvalue weighted by atomic mass is 10.1. The van der Waals surface area contributed by atoms with Gasteiger partial charge in [0.05, 0.1) is 37.6 Å². The van der Waals surface area contributed by atoms with E-state index in [0.29, 0.717) is 0 Å². The molecule has 0 spiro atoms. The minimum Gasteiger partial charge on any atom is -0.370 e. The summed E-state index contributed by atoms with van der Waals surface area (Å²) in [4.78, 5) is 29.8. The largest absolute Gasteiger partial charge is 0.472 e. The summed E-state index contributed by atoms with van der Waals surface area (Å²) >= 11 is 0. The van der Waals surface area contributed by atoms with Gasteiger partial charge in [-0.05, 0) is 27.7 Å². The summed E-state index contributed by atoms with van der Waals surface area (Å²) in [6.45, 7) is 3.61. The molecule has 15 atom stereocenters. The van der Waals surface area contributed by atoms with Crippen LogP contribution in [0.25, 0.3) is 0 Å². The van der Waals surface area contributed by atoms with Crippen molar-refractivity contribution in [3.8, 4) is 0 Å². The zero-order chi connectivity index (χ0) is 30.2. The molecule has 236 valence electrons. The molecule has 0 radical (unpaired) electrons. The Kier molecular flexibility index (Phi) is 11.5. The van der Waals surface area contributed by atoms with E-state index in [1.54, 1.807) is 0 Å². The van der Waals surface area contributed by atoms with Crippen molar-refractivity contribution in [2.75, 3.05) is 20.3 Å². The Balaban J connectivity index is 1.60. The van der Waals surface area contributed by atoms with E-state index < -0.39 is 110 Å². The van der Waals surface area contributed by atoms with Crippen LogP contribution in [0.1, 0.15) is 27.7 Å². The zero-order valence-electron chi connectivity index (χ0n) is 22.1. The van der Waals surface area contributed by atoms with Crippen molar-refractivity contribution >= 4 is 23.5 Å². The normalized spacial score (nSPS) is 44.8. The van der Waals surface area contributed by atoms with Gasteiger partial charge in [0.15, 0.2) is 18.5 Å². The van der Waals surface area contributed by atoms with Gasteiger partial charge in [-0.2, -0.15) is 0 Å². The van der Waals surface area contributed by atoms with Crippen molar-refractivity contribution in [1.82, 2.24) is 0 Å². The molecule has 3 aliphatic rings. The number of ether oxygens (including phenoxy) is 3. The predicted octanol–water partition coefficient (Wildman–Crippen LogP) is 2.52. The maximum absolute atomic E-state index is 14.8. The summed E-state index contributed by atoms with van der Waals surface area (Å²) in [6.07, 6.45) is -17.8. The number of halogens is 3. The van der Waals surface area contributed by atoms with Crippen LogP contribution in [0, 0.1) is 0 Å². The van der Waals surface area contributed by atoms with Gasteiger partial charge in [0.2, 0.25) is 0 Å². The molecule has 0 aromatic carbocycles. The maximum atomic E-state index is 14.8. The Labute approximate surface area is 228 Å². The molecule has 6 unspecified atom stereocenters. The number of hydrogen-bond acceptors (Lipinski definition) is 12. The molecule has 0 amide bonds. The standard InChI is InChI=1S/C19H34F3O15P3/c1-8-14(20)17(11(4)32-8)35-39(25,26)30-7-13-19(16(22)10(3)34-13)37-40(27,28)31-6-12-18(15(21)9(2)33-12)36-38(23,24)29-5/h8-19H,6-7H2,1-5H3,(H,23,24)(H,25,26)(H,27,28)/t8-,9-,10-,11+,12+,13+,14?,15?,16?,17-,18-,19-/m0/s1. The molecule has 3 fully saturated rings. The van der Waals surface area contributed by atoms with Crippen LogP contribution in [-0.4, -0.2) is 108 Å². The van der Waals surface area contributed by atoms with Crippen molar-refractivity contribution in [1.29, 1.82) is 0 Å². The number of hydrogen-bond donors (Lipinski definition) is 3. The Bertz CT molecular complexity index is 1010. The van der Waals surface area contributed by atoms with Gasteiger partial charge in [-0.15, -0.1) is 0 Å². The minimum absolute atomic E-state index is 0.844. The van der Waals surface area contributed by atoms with Crippen LogP contribution in [-0.2, 0) is 55.0 Å². The highest BCUT2D eigenvalue weighted by Crippen LogP contribution is 2.52. The summed E-state index contributed by atoms with van der Waals surface area (Å²) < 4.78 is 124. The van der Waals surface area contributed by atoms with Gasteiger partial charge in [-0.25, -0.2) is 26.9 Å². The number of alkyl halides is 3. The summed E-state index contributed by atoms with van der Waals surface area (Å²) in [6, 6.07) is 0. The first-order chi connectivity index (χ1) is 18.4. The zero-order valence-corrected chi connectivity index (χ0v) is 24.7. The summed E-state index contributed by atoms with van der Waals surface area (Å²) in [5.74, 6) is 0. The van der Waals surface area contributed by atoms with Crippen molar-refractivity contribution < 1.29 is 82.9 Å². The lowest BCUT2D eigenvalue weighted by Crippen LogP contribution is -2.36. The fraction of sp³-hybridized carbons (Fsp3) is 1.00. The van der Waals surface area contributed by atoms with Crippen molar-refractivity contribution in [2.45, 2.75) is 101 Å². The van der Waals surface area contributed by atoms with Crippen LogP contribution in [0.2, 0.25) is 0 Å². The Morgan fingerprint density at radius 1 is 0.600 bits per heavy atom. The highest BCUT2D eigenvalue weighted by atomic mass is 31.2. The second kappa shape index (κ2) is 13.3. The maximum Gasteiger partial charge on any atom is 0.472 e. The summed E-state index contributed by atoms with van der Waals surface area (Å²) in [7, 11) is -13.9. The van der Waals surface area contributed by atoms with E-state index in [4.69, 9.17) is 36.8 Å². The SMILES string of the molecule is COP(=O)(O)O[C@@H]1C(F)[C@H](C)O[C@@H]1COP(=O)(O)O[C@@H]1C(F)[C@H](C)O[C@@H]1COP(=O)(O)O[C@@H]1C(F)[C@H](C)O[C@@H]1C. The molecule has 3 rings (SSSR count). The molecular weight excluding hydrogens is 618 g/mol. The third kappa shape index (κ3) is 8.55. The van der Waals surface area contributed by atoms with Crippen molar-refractivity contribution in [3.05, 3.63) is 0 Å². The van der Waals surface area contributed by atoms with Crippen LogP contribution < -0.4 is 0 Å². The van der Waals surface area contributed by atoms with Gasteiger partial charge in [0.1, 0.15) is 30.5 Å². The molecule has 40 heavy (non-hydrogen) atoms. The van der Waals surface area contributed by atoms with Gasteiger partial charge in [0.25, 0.3) is 0 Å². The smallest absolute Gasteiger partial charge is 0.370 e. The quantitative estimate of drug-likeness (QED) is 0.246. The minimum atomic E-state index is -5.16. The molecule has 0 aromatic rings. The van der Waals surface area contributed by atoms with Crippen LogP contribution in [0.15, 0.2) is 0 Å². The van der Waals surface area contributed by atoms with E-state index >= 15 is 0 Å². The second-order valence-electron chi connectivity index (χ2n) is 9.53. The van der Waals surface area contributed by atoms with E-state index in [0.717, 1.165) is 7.11 Å². The molecule has 3 N–H and O–H groups in total. The third-order valence-electron chi connectivity index (χ3n) is 6.49. The predicted molar refractivity (Wildman–Crippen MR) is 126 cm³/mol. The molecule has 3 aliphatic heterocycles. The monoisotopic (exact) mass is 652 g/mol. The second-order valence-corrected chi connectivity index (χ2v) is 13.9. The fourth-order valence-electron chi connectivity index (χ4n) is 4.38. The molecule has 0 aromatic heterocycles. The molecule has 0 saturated carbocycles. The van der Waals surface area contributed by atoms with Gasteiger partial charge in [-0.3, -0.25) is 27.1 Å². The molecular formula is C19H34F3O15P3. The molecule has 21 heteroatoms. The number of phosphoric acid groups is 3. The van der Waals surface area contributed by atoms with Crippen molar-refractivity contribution in [2.24, 2.45) is 0 Å². The van der Waals surface area contributed by atoms with Crippen LogP contribution >= 0.6 is 23.5 Å². The van der Waals surface area contributed by atoms with Gasteiger partial charge < -0.3 is 28.9 Å². The number of phosphoric ester groups is 3. The van der Waals surface area contributed by atoms with Gasteiger partial charge >= 0.3 is 23.5 Å². The summed E-state index contributed by atoms with van der Waals surface area (Å²) in [5.41, 5.74) is 0. The molecule has 3 saturated heterocycles.